The van der Waals surface area contributed by atoms with Gasteiger partial charge in [-0.15, -0.1) is 0 Å². The minimum absolute atomic E-state index is 0.176. The third-order valence-electron chi connectivity index (χ3n) is 3.00. The van der Waals surface area contributed by atoms with Crippen molar-refractivity contribution in [2.75, 3.05) is 13.2 Å². The van der Waals surface area contributed by atoms with Crippen LogP contribution in [0.3, 0.4) is 0 Å². The van der Waals surface area contributed by atoms with Gasteiger partial charge in [0, 0.05) is 12.1 Å². The molecule has 0 bridgehead atoms. The second-order valence-electron chi connectivity index (χ2n) is 4.53. The Morgan fingerprint density at radius 1 is 1.33 bits per heavy atom. The number of rotatable bonds is 7. The lowest BCUT2D eigenvalue weighted by Gasteiger charge is -2.09. The molecule has 5 nitrogen and oxygen atoms in total. The first kappa shape index (κ1) is 15.1. The van der Waals surface area contributed by atoms with Crippen molar-refractivity contribution < 1.29 is 19.1 Å². The number of carbonyl (C=O) groups excluding carboxylic acids is 1. The maximum Gasteiger partial charge on any atom is 0.251 e. The van der Waals surface area contributed by atoms with Crippen molar-refractivity contribution in [2.45, 2.75) is 19.4 Å². The van der Waals surface area contributed by atoms with E-state index in [1.165, 1.54) is 6.26 Å². The summed E-state index contributed by atoms with van der Waals surface area (Å²) in [5.74, 6) is 1.07. The fourth-order valence-electron chi connectivity index (χ4n) is 1.92. The fraction of sp³-hybridized carbons (Fsp3) is 0.312. The van der Waals surface area contributed by atoms with Gasteiger partial charge in [-0.2, -0.15) is 0 Å². The molecule has 5 heteroatoms. The van der Waals surface area contributed by atoms with Gasteiger partial charge in [0.25, 0.3) is 5.91 Å². The molecular weight excluding hydrogens is 270 g/mol. The zero-order chi connectivity index (χ0) is 15.1. The largest absolute Gasteiger partial charge is 0.494 e. The number of benzene rings is 1. The van der Waals surface area contributed by atoms with Crippen LogP contribution in [-0.4, -0.2) is 24.2 Å². The third-order valence-corrected chi connectivity index (χ3v) is 3.00. The number of aliphatic hydroxyl groups excluding tert-OH is 1. The Kier molecular flexibility index (Phi) is 5.40. The summed E-state index contributed by atoms with van der Waals surface area (Å²) in [7, 11) is 0. The number of furan rings is 1. The van der Waals surface area contributed by atoms with Crippen molar-refractivity contribution in [1.29, 1.82) is 0 Å². The number of carbonyl (C=O) groups is 1. The molecule has 0 saturated carbocycles. The molecule has 2 aromatic rings. The van der Waals surface area contributed by atoms with Gasteiger partial charge in [-0.25, -0.2) is 0 Å². The average molecular weight is 289 g/mol. The van der Waals surface area contributed by atoms with Crippen molar-refractivity contribution >= 4 is 5.91 Å². The van der Waals surface area contributed by atoms with Crippen LogP contribution in [0, 0.1) is 0 Å². The number of hydrogen-bond donors (Lipinski definition) is 2. The van der Waals surface area contributed by atoms with Crippen molar-refractivity contribution in [2.24, 2.45) is 0 Å². The zero-order valence-electron chi connectivity index (χ0n) is 11.9. The highest BCUT2D eigenvalue weighted by atomic mass is 16.5. The van der Waals surface area contributed by atoms with E-state index in [0.29, 0.717) is 30.9 Å². The van der Waals surface area contributed by atoms with Crippen LogP contribution in [0.15, 0.2) is 47.1 Å². The molecule has 1 amide bonds. The van der Waals surface area contributed by atoms with Crippen LogP contribution in [0.4, 0.5) is 0 Å². The number of nitrogens with one attached hydrogen (secondary N) is 1. The summed E-state index contributed by atoms with van der Waals surface area (Å²) < 4.78 is 10.4. The van der Waals surface area contributed by atoms with Crippen LogP contribution < -0.4 is 10.1 Å². The lowest BCUT2D eigenvalue weighted by Crippen LogP contribution is -2.25. The van der Waals surface area contributed by atoms with E-state index in [2.05, 4.69) is 5.32 Å². The van der Waals surface area contributed by atoms with Crippen LogP contribution in [0.25, 0.3) is 0 Å². The van der Waals surface area contributed by atoms with E-state index in [1.54, 1.807) is 36.4 Å². The smallest absolute Gasteiger partial charge is 0.251 e. The zero-order valence-corrected chi connectivity index (χ0v) is 11.9. The van der Waals surface area contributed by atoms with Gasteiger partial charge in [-0.05, 0) is 49.7 Å². The summed E-state index contributed by atoms with van der Waals surface area (Å²) in [6.07, 6.45) is 1.20. The molecular formula is C16H19NO4. The topological polar surface area (TPSA) is 71.7 Å². The van der Waals surface area contributed by atoms with Gasteiger partial charge in [0.2, 0.25) is 0 Å². The SMILES string of the molecule is CCOc1ccc(C(=O)NCCC(O)c2ccco2)cc1. The summed E-state index contributed by atoms with van der Waals surface area (Å²) in [4.78, 5) is 11.9. The lowest BCUT2D eigenvalue weighted by molar-refractivity contribution is 0.0936. The molecule has 1 atom stereocenters. The summed E-state index contributed by atoms with van der Waals surface area (Å²) in [5, 5.41) is 12.6. The number of ether oxygens (including phenoxy) is 1. The highest BCUT2D eigenvalue weighted by Crippen LogP contribution is 2.16. The van der Waals surface area contributed by atoms with Crippen LogP contribution in [0.5, 0.6) is 5.75 Å². The van der Waals surface area contributed by atoms with E-state index in [-0.39, 0.29) is 5.91 Å². The van der Waals surface area contributed by atoms with E-state index in [0.717, 1.165) is 5.75 Å². The van der Waals surface area contributed by atoms with Gasteiger partial charge in [0.15, 0.2) is 0 Å². The molecule has 1 heterocycles. The van der Waals surface area contributed by atoms with E-state index < -0.39 is 6.10 Å². The van der Waals surface area contributed by atoms with Crippen LogP contribution >= 0.6 is 0 Å². The molecule has 0 radical (unpaired) electrons. The van der Waals surface area contributed by atoms with Gasteiger partial charge in [0.1, 0.15) is 17.6 Å². The van der Waals surface area contributed by atoms with Crippen molar-refractivity contribution in [3.63, 3.8) is 0 Å². The van der Waals surface area contributed by atoms with E-state index in [1.807, 2.05) is 6.92 Å². The molecule has 0 aliphatic heterocycles. The predicted molar refractivity (Wildman–Crippen MR) is 78.2 cm³/mol. The van der Waals surface area contributed by atoms with Crippen molar-refractivity contribution in [1.82, 2.24) is 5.32 Å². The summed E-state index contributed by atoms with van der Waals surface area (Å²) in [6, 6.07) is 10.4. The highest BCUT2D eigenvalue weighted by Gasteiger charge is 2.11. The van der Waals surface area contributed by atoms with E-state index >= 15 is 0 Å². The molecule has 0 aliphatic carbocycles. The van der Waals surface area contributed by atoms with E-state index in [9.17, 15) is 9.90 Å². The van der Waals surface area contributed by atoms with Crippen LogP contribution in [0.2, 0.25) is 0 Å². The highest BCUT2D eigenvalue weighted by molar-refractivity contribution is 5.94. The maximum absolute atomic E-state index is 11.9. The number of hydrogen-bond acceptors (Lipinski definition) is 4. The van der Waals surface area contributed by atoms with Gasteiger partial charge in [0.05, 0.1) is 12.9 Å². The molecule has 1 aromatic carbocycles. The Labute approximate surface area is 123 Å². The second kappa shape index (κ2) is 7.50. The lowest BCUT2D eigenvalue weighted by atomic mass is 10.2. The number of aliphatic hydroxyl groups is 1. The first-order valence-electron chi connectivity index (χ1n) is 6.93. The normalized spacial score (nSPS) is 11.9. The van der Waals surface area contributed by atoms with Gasteiger partial charge in [-0.1, -0.05) is 0 Å². The summed E-state index contributed by atoms with van der Waals surface area (Å²) in [6.45, 7) is 2.87. The Bertz CT molecular complexity index is 548. The monoisotopic (exact) mass is 289 g/mol. The molecule has 2 rings (SSSR count). The Morgan fingerprint density at radius 2 is 2.10 bits per heavy atom. The maximum atomic E-state index is 11.9. The standard InChI is InChI=1S/C16H19NO4/c1-2-20-13-7-5-12(6-8-13)16(19)17-10-9-14(18)15-4-3-11-21-15/h3-8,11,14,18H,2,9-10H2,1H3,(H,17,19). The van der Waals surface area contributed by atoms with Gasteiger partial charge < -0.3 is 19.6 Å². The molecule has 0 spiro atoms. The molecule has 0 fully saturated rings. The Morgan fingerprint density at radius 3 is 2.71 bits per heavy atom. The second-order valence-corrected chi connectivity index (χ2v) is 4.53. The number of amides is 1. The predicted octanol–water partition coefficient (Wildman–Crippen LogP) is 2.53. The fourth-order valence-corrected chi connectivity index (χ4v) is 1.92. The van der Waals surface area contributed by atoms with Crippen LogP contribution in [0.1, 0.15) is 35.6 Å². The molecule has 2 N–H and O–H groups in total. The molecule has 112 valence electrons. The first-order valence-corrected chi connectivity index (χ1v) is 6.93. The quantitative estimate of drug-likeness (QED) is 0.821. The van der Waals surface area contributed by atoms with Crippen LogP contribution in [-0.2, 0) is 0 Å². The van der Waals surface area contributed by atoms with Crippen molar-refractivity contribution in [3.8, 4) is 5.75 Å². The Hall–Kier alpha value is -2.27. The minimum atomic E-state index is -0.708. The van der Waals surface area contributed by atoms with E-state index in [4.69, 9.17) is 9.15 Å². The third kappa shape index (κ3) is 4.36. The summed E-state index contributed by atoms with van der Waals surface area (Å²) in [5.41, 5.74) is 0.561. The summed E-state index contributed by atoms with van der Waals surface area (Å²) >= 11 is 0. The molecule has 1 unspecified atom stereocenters. The molecule has 0 aliphatic rings. The molecule has 21 heavy (non-hydrogen) atoms. The van der Waals surface area contributed by atoms with Crippen molar-refractivity contribution in [3.05, 3.63) is 54.0 Å². The minimum Gasteiger partial charge on any atom is -0.494 e. The molecule has 1 aromatic heterocycles. The van der Waals surface area contributed by atoms with Gasteiger partial charge >= 0.3 is 0 Å². The first-order chi connectivity index (χ1) is 10.2. The average Bonchev–Trinajstić information content (AvgIpc) is 3.02. The molecule has 0 saturated heterocycles. The Balaban J connectivity index is 1.79. The van der Waals surface area contributed by atoms with Gasteiger partial charge in [-0.3, -0.25) is 4.79 Å².